The summed E-state index contributed by atoms with van der Waals surface area (Å²) in [5.74, 6) is 2.07. The Bertz CT molecular complexity index is 1030. The van der Waals surface area contributed by atoms with E-state index in [2.05, 4.69) is 46.4 Å². The highest BCUT2D eigenvalue weighted by atomic mass is 16.4. The number of amides is 1. The summed E-state index contributed by atoms with van der Waals surface area (Å²) in [6.07, 6.45) is 5.19. The maximum atomic E-state index is 12.4. The predicted octanol–water partition coefficient (Wildman–Crippen LogP) is 4.31. The predicted molar refractivity (Wildman–Crippen MR) is 115 cm³/mol. The van der Waals surface area contributed by atoms with Gasteiger partial charge in [-0.15, -0.1) is 0 Å². The smallest absolute Gasteiger partial charge is 0.227 e. The van der Waals surface area contributed by atoms with Gasteiger partial charge in [0, 0.05) is 35.6 Å². The zero-order valence-electron chi connectivity index (χ0n) is 17.6. The lowest BCUT2D eigenvalue weighted by molar-refractivity contribution is -0.129. The molecule has 2 aromatic heterocycles. The van der Waals surface area contributed by atoms with E-state index in [9.17, 15) is 4.79 Å². The molecule has 1 saturated heterocycles. The Balaban J connectivity index is 1.56. The molecule has 0 saturated carbocycles. The van der Waals surface area contributed by atoms with E-state index in [1.807, 2.05) is 30.3 Å². The van der Waals surface area contributed by atoms with E-state index in [0.29, 0.717) is 24.1 Å². The third-order valence-corrected chi connectivity index (χ3v) is 5.53. The van der Waals surface area contributed by atoms with Crippen LogP contribution < -0.4 is 10.6 Å². The third-order valence-electron chi connectivity index (χ3n) is 5.53. The number of aryl methyl sites for hydroxylation is 1. The minimum atomic E-state index is -0.124. The second-order valence-electron chi connectivity index (χ2n) is 7.95. The van der Waals surface area contributed by atoms with Crippen molar-refractivity contribution < 1.29 is 9.21 Å². The van der Waals surface area contributed by atoms with Crippen molar-refractivity contribution in [3.8, 4) is 11.3 Å². The number of nitrogens with one attached hydrogen (secondary N) is 2. The van der Waals surface area contributed by atoms with Crippen molar-refractivity contribution in [3.63, 3.8) is 0 Å². The van der Waals surface area contributed by atoms with Gasteiger partial charge in [-0.25, -0.2) is 15.0 Å². The highest BCUT2D eigenvalue weighted by molar-refractivity contribution is 5.80. The summed E-state index contributed by atoms with van der Waals surface area (Å²) in [5, 5.41) is 6.21. The molecule has 0 spiro atoms. The fourth-order valence-electron chi connectivity index (χ4n) is 4.00. The second-order valence-corrected chi connectivity index (χ2v) is 7.95. The van der Waals surface area contributed by atoms with Gasteiger partial charge >= 0.3 is 0 Å². The molecule has 0 radical (unpaired) electrons. The van der Waals surface area contributed by atoms with Crippen molar-refractivity contribution >= 4 is 17.5 Å². The van der Waals surface area contributed by atoms with E-state index in [1.54, 1.807) is 12.4 Å². The number of carbonyl (C=O) groups excluding carboxylic acids is 1. The largest absolute Gasteiger partial charge is 0.440 e. The molecule has 2 N–H and O–H groups in total. The highest BCUT2D eigenvalue weighted by Crippen LogP contribution is 2.36. The molecule has 7 heteroatoms. The molecule has 1 aliphatic heterocycles. The monoisotopic (exact) mass is 405 g/mol. The Kier molecular flexibility index (Phi) is 5.79. The van der Waals surface area contributed by atoms with Crippen LogP contribution in [0.25, 0.3) is 11.3 Å². The third kappa shape index (κ3) is 4.20. The summed E-state index contributed by atoms with van der Waals surface area (Å²) in [7, 11) is 0. The minimum Gasteiger partial charge on any atom is -0.440 e. The van der Waals surface area contributed by atoms with Crippen LogP contribution in [0.1, 0.15) is 44.7 Å². The summed E-state index contributed by atoms with van der Waals surface area (Å²) in [4.78, 5) is 25.7. The average Bonchev–Trinajstić information content (AvgIpc) is 3.24. The normalized spacial score (nSPS) is 19.0. The molecule has 156 valence electrons. The van der Waals surface area contributed by atoms with Crippen LogP contribution in [0.4, 0.5) is 11.6 Å². The number of carbonyl (C=O) groups is 1. The number of anilines is 2. The molecule has 30 heavy (non-hydrogen) atoms. The van der Waals surface area contributed by atoms with Crippen LogP contribution in [0.5, 0.6) is 0 Å². The highest BCUT2D eigenvalue weighted by Gasteiger charge is 2.37. The molecule has 2 atom stereocenters. The minimum absolute atomic E-state index is 0.000934. The lowest BCUT2D eigenvalue weighted by Gasteiger charge is -2.31. The molecule has 1 aromatic carbocycles. The quantitative estimate of drug-likeness (QED) is 0.635. The SMILES string of the molecule is CCc1ccnc(Nc2cccc(-c3cnc(C4CCNC(=O)C4C(C)C)o3)c2)n1. The first kappa shape index (κ1) is 20.1. The van der Waals surface area contributed by atoms with Gasteiger partial charge in [-0.3, -0.25) is 4.79 Å². The molecular weight excluding hydrogens is 378 g/mol. The first-order valence-electron chi connectivity index (χ1n) is 10.5. The lowest BCUT2D eigenvalue weighted by atomic mass is 9.78. The van der Waals surface area contributed by atoms with Crippen LogP contribution in [0.15, 0.2) is 47.1 Å². The number of oxazole rings is 1. The van der Waals surface area contributed by atoms with Crippen LogP contribution in [-0.4, -0.2) is 27.4 Å². The van der Waals surface area contributed by atoms with E-state index < -0.39 is 0 Å². The van der Waals surface area contributed by atoms with Crippen molar-refractivity contribution in [2.45, 2.75) is 39.5 Å². The van der Waals surface area contributed by atoms with Crippen LogP contribution in [-0.2, 0) is 11.2 Å². The van der Waals surface area contributed by atoms with Gasteiger partial charge < -0.3 is 15.1 Å². The van der Waals surface area contributed by atoms with Gasteiger partial charge in [0.15, 0.2) is 11.7 Å². The fraction of sp³-hybridized carbons (Fsp3) is 0.391. The molecule has 1 aliphatic rings. The molecule has 3 aromatic rings. The Morgan fingerprint density at radius 1 is 1.27 bits per heavy atom. The van der Waals surface area contributed by atoms with Gasteiger partial charge in [0.05, 0.1) is 12.1 Å². The first-order chi connectivity index (χ1) is 14.5. The molecule has 2 unspecified atom stereocenters. The Labute approximate surface area is 176 Å². The zero-order valence-corrected chi connectivity index (χ0v) is 17.6. The average molecular weight is 406 g/mol. The topological polar surface area (TPSA) is 92.9 Å². The summed E-state index contributed by atoms with van der Waals surface area (Å²) < 4.78 is 6.13. The molecule has 7 nitrogen and oxygen atoms in total. The molecule has 1 amide bonds. The van der Waals surface area contributed by atoms with Gasteiger partial charge in [0.25, 0.3) is 0 Å². The van der Waals surface area contributed by atoms with E-state index in [0.717, 1.165) is 29.8 Å². The molecule has 3 heterocycles. The second kappa shape index (κ2) is 8.65. The molecule has 0 aliphatic carbocycles. The zero-order chi connectivity index (χ0) is 21.1. The number of nitrogens with zero attached hydrogens (tertiary/aromatic N) is 3. The summed E-state index contributed by atoms with van der Waals surface area (Å²) in [6.45, 7) is 6.85. The van der Waals surface area contributed by atoms with Crippen molar-refractivity contribution in [1.29, 1.82) is 0 Å². The fourth-order valence-corrected chi connectivity index (χ4v) is 4.00. The Morgan fingerprint density at radius 2 is 2.13 bits per heavy atom. The van der Waals surface area contributed by atoms with E-state index >= 15 is 0 Å². The molecular formula is C23H27N5O2. The van der Waals surface area contributed by atoms with Gasteiger partial charge in [-0.1, -0.05) is 32.9 Å². The van der Waals surface area contributed by atoms with Crippen LogP contribution in [0.2, 0.25) is 0 Å². The lowest BCUT2D eigenvalue weighted by Crippen LogP contribution is -2.43. The summed E-state index contributed by atoms with van der Waals surface area (Å²) >= 11 is 0. The van der Waals surface area contributed by atoms with Gasteiger partial charge in [0.2, 0.25) is 11.9 Å². The Hall–Kier alpha value is -3.22. The van der Waals surface area contributed by atoms with Crippen LogP contribution in [0.3, 0.4) is 0 Å². The van der Waals surface area contributed by atoms with Crippen molar-refractivity contribution in [1.82, 2.24) is 20.3 Å². The number of benzene rings is 1. The molecule has 4 rings (SSSR count). The van der Waals surface area contributed by atoms with E-state index in [1.165, 1.54) is 0 Å². The van der Waals surface area contributed by atoms with Gasteiger partial charge in [0.1, 0.15) is 0 Å². The maximum absolute atomic E-state index is 12.4. The first-order valence-corrected chi connectivity index (χ1v) is 10.5. The number of aromatic nitrogens is 3. The molecule has 0 bridgehead atoms. The number of rotatable bonds is 6. The Morgan fingerprint density at radius 3 is 2.93 bits per heavy atom. The molecule has 1 fully saturated rings. The maximum Gasteiger partial charge on any atom is 0.227 e. The van der Waals surface area contributed by atoms with Crippen LogP contribution >= 0.6 is 0 Å². The van der Waals surface area contributed by atoms with Crippen LogP contribution in [0, 0.1) is 11.8 Å². The van der Waals surface area contributed by atoms with Crippen molar-refractivity contribution in [3.05, 3.63) is 54.3 Å². The van der Waals surface area contributed by atoms with E-state index in [4.69, 9.17) is 4.42 Å². The van der Waals surface area contributed by atoms with E-state index in [-0.39, 0.29) is 23.7 Å². The van der Waals surface area contributed by atoms with Crippen molar-refractivity contribution in [2.75, 3.05) is 11.9 Å². The van der Waals surface area contributed by atoms with Gasteiger partial charge in [-0.2, -0.15) is 0 Å². The summed E-state index contributed by atoms with van der Waals surface area (Å²) in [5.41, 5.74) is 2.77. The number of hydrogen-bond acceptors (Lipinski definition) is 6. The number of hydrogen-bond donors (Lipinski definition) is 2. The standard InChI is InChI=1S/C23H27N5O2/c1-4-16-8-10-25-23(27-16)28-17-7-5-6-15(12-17)19-13-26-22(30-19)18-9-11-24-21(29)20(18)14(2)3/h5-8,10,12-14,18,20H,4,9,11H2,1-3H3,(H,24,29)(H,25,27,28). The summed E-state index contributed by atoms with van der Waals surface area (Å²) in [6, 6.07) is 9.79. The van der Waals surface area contributed by atoms with Crippen molar-refractivity contribution in [2.24, 2.45) is 11.8 Å². The van der Waals surface area contributed by atoms with Gasteiger partial charge in [-0.05, 0) is 37.0 Å². The number of piperidine rings is 1.